The van der Waals surface area contributed by atoms with Crippen molar-refractivity contribution in [3.63, 3.8) is 0 Å². The van der Waals surface area contributed by atoms with Crippen molar-refractivity contribution in [2.24, 2.45) is 0 Å². The molecule has 0 radical (unpaired) electrons. The van der Waals surface area contributed by atoms with Gasteiger partial charge in [-0.3, -0.25) is 28.8 Å². The monoisotopic (exact) mass is 517 g/mol. The van der Waals surface area contributed by atoms with Crippen LogP contribution < -0.4 is 32.6 Å². The molecule has 1 atom stereocenters. The number of carbonyl (C=O) groups excluding carboxylic acids is 5. The molecule has 1 unspecified atom stereocenters. The first-order valence-electron chi connectivity index (χ1n) is 10.8. The molecular formula is C22H27N7O6S. The highest BCUT2D eigenvalue weighted by molar-refractivity contribution is 7.17. The summed E-state index contributed by atoms with van der Waals surface area (Å²) in [6.45, 7) is 5.18. The van der Waals surface area contributed by atoms with Gasteiger partial charge in [-0.15, -0.1) is 0 Å². The number of aromatic nitrogens is 2. The second-order valence-corrected chi connectivity index (χ2v) is 8.54. The van der Waals surface area contributed by atoms with Crippen LogP contribution in [0.15, 0.2) is 41.6 Å². The maximum atomic E-state index is 13.0. The first-order valence-corrected chi connectivity index (χ1v) is 11.6. The van der Waals surface area contributed by atoms with Crippen molar-refractivity contribution in [3.8, 4) is 0 Å². The van der Waals surface area contributed by atoms with Gasteiger partial charge in [0.1, 0.15) is 23.2 Å². The number of nitrogens with zero attached hydrogens (tertiary/aromatic N) is 2. The van der Waals surface area contributed by atoms with E-state index in [9.17, 15) is 28.8 Å². The minimum Gasteiger partial charge on any atom is -0.375 e. The molecule has 0 bridgehead atoms. The molecule has 13 nitrogen and oxygen atoms in total. The summed E-state index contributed by atoms with van der Waals surface area (Å²) in [7, 11) is 1.29. The number of rotatable bonds is 12. The number of nitrogens with one attached hydrogen (secondary N) is 4. The highest BCUT2D eigenvalue weighted by Gasteiger charge is 2.25. The first-order chi connectivity index (χ1) is 17.0. The summed E-state index contributed by atoms with van der Waals surface area (Å²) in [5.41, 5.74) is 5.22. The molecular weight excluding hydrogens is 490 g/mol. The van der Waals surface area contributed by atoms with E-state index in [1.165, 1.54) is 31.6 Å². The lowest BCUT2D eigenvalue weighted by Crippen LogP contribution is -2.45. The zero-order valence-electron chi connectivity index (χ0n) is 19.8. The van der Waals surface area contributed by atoms with E-state index in [4.69, 9.17) is 5.73 Å². The number of likely N-dealkylation sites (N-methyl/N-ethyl adjacent to an activating group) is 1. The molecule has 0 aromatic carbocycles. The molecule has 2 aromatic rings. The molecule has 0 saturated heterocycles. The van der Waals surface area contributed by atoms with Crippen LogP contribution >= 0.6 is 11.3 Å². The van der Waals surface area contributed by atoms with Gasteiger partial charge in [0.15, 0.2) is 5.13 Å². The van der Waals surface area contributed by atoms with Crippen LogP contribution in [-0.4, -0.2) is 52.1 Å². The molecule has 0 aliphatic rings. The molecule has 0 fully saturated rings. The normalized spacial score (nSPS) is 11.2. The number of nitrogen functional groups attached to an aromatic ring is 1. The lowest BCUT2D eigenvalue weighted by atomic mass is 10.1. The second kappa shape index (κ2) is 12.9. The Bertz CT molecular complexity index is 1240. The van der Waals surface area contributed by atoms with E-state index in [2.05, 4.69) is 32.8 Å². The SMILES string of the molecule is C=C(CC)NC(=O)Cn1cccc(NC(=O)C(CCC(=O)C(=O)NC)NC(=O)c2cnc(N)s2)c1=O. The van der Waals surface area contributed by atoms with Crippen molar-refractivity contribution in [3.05, 3.63) is 52.0 Å². The quantitative estimate of drug-likeness (QED) is 0.238. The lowest BCUT2D eigenvalue weighted by Gasteiger charge is -2.18. The standard InChI is InChI=1S/C22H27N7O6S/c1-4-12(2)26-17(31)11-29-9-5-6-14(21(29)35)28-18(32)13(7-8-15(30)19(33)24-3)27-20(34)16-10-25-22(23)36-16/h5-6,9-10,13H,2,4,7-8,11H2,1,3H3,(H2,23,25)(H,24,33)(H,26,31)(H,27,34)(H,28,32). The zero-order chi connectivity index (χ0) is 26.8. The zero-order valence-corrected chi connectivity index (χ0v) is 20.6. The number of allylic oxidation sites excluding steroid dienone is 1. The number of Topliss-reactive ketones (excluding diaryl/α,β-unsaturated/α-hetero) is 1. The second-order valence-electron chi connectivity index (χ2n) is 7.48. The Morgan fingerprint density at radius 2 is 1.97 bits per heavy atom. The van der Waals surface area contributed by atoms with Crippen LogP contribution in [0.2, 0.25) is 0 Å². The number of carbonyl (C=O) groups is 5. The Morgan fingerprint density at radius 1 is 1.25 bits per heavy atom. The molecule has 36 heavy (non-hydrogen) atoms. The Hall–Kier alpha value is -4.33. The fraction of sp³-hybridized carbons (Fsp3) is 0.318. The molecule has 2 heterocycles. The molecule has 0 saturated carbocycles. The van der Waals surface area contributed by atoms with Crippen molar-refractivity contribution in [2.75, 3.05) is 18.1 Å². The van der Waals surface area contributed by atoms with Gasteiger partial charge in [-0.2, -0.15) is 0 Å². The Balaban J connectivity index is 2.20. The highest BCUT2D eigenvalue weighted by Crippen LogP contribution is 2.15. The van der Waals surface area contributed by atoms with E-state index in [-0.39, 0.29) is 35.1 Å². The number of anilines is 2. The molecule has 14 heteroatoms. The minimum absolute atomic E-state index is 0.129. The van der Waals surface area contributed by atoms with Crippen LogP contribution in [0.1, 0.15) is 35.9 Å². The summed E-state index contributed by atoms with van der Waals surface area (Å²) in [6.07, 6.45) is 2.57. The fourth-order valence-corrected chi connectivity index (χ4v) is 3.46. The minimum atomic E-state index is -1.28. The molecule has 2 rings (SSSR count). The summed E-state index contributed by atoms with van der Waals surface area (Å²) in [6, 6.07) is 1.51. The van der Waals surface area contributed by atoms with E-state index in [1.807, 2.05) is 6.92 Å². The summed E-state index contributed by atoms with van der Waals surface area (Å²) in [5.74, 6) is -3.56. The molecule has 6 N–H and O–H groups in total. The van der Waals surface area contributed by atoms with Crippen LogP contribution in [0.3, 0.4) is 0 Å². The van der Waals surface area contributed by atoms with E-state index in [1.54, 1.807) is 0 Å². The number of pyridine rings is 1. The van der Waals surface area contributed by atoms with Gasteiger partial charge >= 0.3 is 0 Å². The number of hydrogen-bond donors (Lipinski definition) is 5. The van der Waals surface area contributed by atoms with Crippen molar-refractivity contribution in [2.45, 2.75) is 38.8 Å². The van der Waals surface area contributed by atoms with Gasteiger partial charge in [0, 0.05) is 25.4 Å². The van der Waals surface area contributed by atoms with Gasteiger partial charge in [0.2, 0.25) is 17.6 Å². The number of ketones is 1. The van der Waals surface area contributed by atoms with Crippen LogP contribution in [0.4, 0.5) is 10.8 Å². The molecule has 0 aliphatic heterocycles. The van der Waals surface area contributed by atoms with Gasteiger partial charge < -0.3 is 31.6 Å². The Labute approximate surface area is 210 Å². The third-order valence-electron chi connectivity index (χ3n) is 4.84. The highest BCUT2D eigenvalue weighted by atomic mass is 32.1. The van der Waals surface area contributed by atoms with Gasteiger partial charge in [-0.25, -0.2) is 4.98 Å². The van der Waals surface area contributed by atoms with E-state index in [0.717, 1.165) is 15.9 Å². The van der Waals surface area contributed by atoms with E-state index in [0.29, 0.717) is 12.1 Å². The van der Waals surface area contributed by atoms with Crippen LogP contribution in [0.25, 0.3) is 0 Å². The van der Waals surface area contributed by atoms with Gasteiger partial charge in [0.05, 0.1) is 6.20 Å². The smallest absolute Gasteiger partial charge is 0.287 e. The predicted molar refractivity (Wildman–Crippen MR) is 133 cm³/mol. The largest absolute Gasteiger partial charge is 0.375 e. The molecule has 2 aromatic heterocycles. The number of nitrogens with two attached hydrogens (primary N) is 1. The molecule has 0 spiro atoms. The van der Waals surface area contributed by atoms with Gasteiger partial charge in [-0.05, 0) is 25.0 Å². The average Bonchev–Trinajstić information content (AvgIpc) is 3.29. The summed E-state index contributed by atoms with van der Waals surface area (Å²) < 4.78 is 1.09. The summed E-state index contributed by atoms with van der Waals surface area (Å²) >= 11 is 0.897. The molecule has 192 valence electrons. The lowest BCUT2D eigenvalue weighted by molar-refractivity contribution is -0.137. The molecule has 0 aliphatic carbocycles. The summed E-state index contributed by atoms with van der Waals surface area (Å²) in [4.78, 5) is 77.8. The van der Waals surface area contributed by atoms with E-state index < -0.39 is 41.0 Å². The van der Waals surface area contributed by atoms with Crippen molar-refractivity contribution in [1.82, 2.24) is 25.5 Å². The van der Waals surface area contributed by atoms with Crippen molar-refractivity contribution >= 4 is 51.6 Å². The van der Waals surface area contributed by atoms with E-state index >= 15 is 0 Å². The van der Waals surface area contributed by atoms with Crippen LogP contribution in [0, 0.1) is 0 Å². The topological polar surface area (TPSA) is 194 Å². The number of amides is 4. The number of thiazole rings is 1. The average molecular weight is 518 g/mol. The van der Waals surface area contributed by atoms with Crippen molar-refractivity contribution in [1.29, 1.82) is 0 Å². The van der Waals surface area contributed by atoms with Crippen LogP contribution in [0.5, 0.6) is 0 Å². The Kier molecular flexibility index (Phi) is 10.0. The van der Waals surface area contributed by atoms with Crippen molar-refractivity contribution < 1.29 is 24.0 Å². The third-order valence-corrected chi connectivity index (χ3v) is 5.67. The molecule has 4 amide bonds. The maximum Gasteiger partial charge on any atom is 0.287 e. The Morgan fingerprint density at radius 3 is 2.58 bits per heavy atom. The fourth-order valence-electron chi connectivity index (χ4n) is 2.88. The third kappa shape index (κ3) is 7.87. The van der Waals surface area contributed by atoms with Gasteiger partial charge in [-0.1, -0.05) is 24.8 Å². The van der Waals surface area contributed by atoms with Crippen LogP contribution in [-0.2, 0) is 25.7 Å². The summed E-state index contributed by atoms with van der Waals surface area (Å²) in [5, 5.41) is 9.79. The predicted octanol–water partition coefficient (Wildman–Crippen LogP) is -0.241. The first kappa shape index (κ1) is 27.9. The number of hydrogen-bond acceptors (Lipinski definition) is 9. The maximum absolute atomic E-state index is 13.0. The van der Waals surface area contributed by atoms with Gasteiger partial charge in [0.25, 0.3) is 17.4 Å².